The second-order valence-corrected chi connectivity index (χ2v) is 5.19. The van der Waals surface area contributed by atoms with E-state index in [-0.39, 0.29) is 11.7 Å². The summed E-state index contributed by atoms with van der Waals surface area (Å²) in [7, 11) is 1.43. The fourth-order valence-corrected chi connectivity index (χ4v) is 2.69. The van der Waals surface area contributed by atoms with E-state index < -0.39 is 5.82 Å². The average molecular weight is 304 g/mol. The quantitative estimate of drug-likeness (QED) is 0.840. The number of nitrogens with zero attached hydrogens (tertiary/aromatic N) is 4. The highest BCUT2D eigenvalue weighted by molar-refractivity contribution is 5.90. The van der Waals surface area contributed by atoms with Crippen LogP contribution in [0.25, 0.3) is 10.9 Å². The number of rotatable bonds is 2. The van der Waals surface area contributed by atoms with Gasteiger partial charge in [0.1, 0.15) is 12.1 Å². The molecule has 1 aliphatic rings. The molecule has 0 aliphatic carbocycles. The number of piperazine rings is 1. The minimum Gasteiger partial charge on any atom is -0.494 e. The first kappa shape index (κ1) is 14.5. The number of benzene rings is 1. The van der Waals surface area contributed by atoms with Crippen LogP contribution in [0, 0.1) is 5.82 Å². The molecule has 2 aromatic rings. The number of fused-ring (bicyclic) bond motifs is 1. The van der Waals surface area contributed by atoms with Crippen molar-refractivity contribution in [1.29, 1.82) is 0 Å². The molecular formula is C15H17FN4O2. The number of ether oxygens (including phenoxy) is 1. The standard InChI is InChI=1S/C15H17FN4O2/c1-10(21)19-3-5-20(6-4-19)15-11-7-14(22-2)12(16)8-13(11)17-9-18-15/h7-9H,3-6H2,1-2H3. The molecule has 1 saturated heterocycles. The Kier molecular flexibility index (Phi) is 3.79. The third-order valence-electron chi connectivity index (χ3n) is 3.91. The van der Waals surface area contributed by atoms with Crippen molar-refractivity contribution in [3.8, 4) is 5.75 Å². The van der Waals surface area contributed by atoms with Gasteiger partial charge in [-0.3, -0.25) is 4.79 Å². The molecule has 22 heavy (non-hydrogen) atoms. The van der Waals surface area contributed by atoms with Gasteiger partial charge in [-0.2, -0.15) is 0 Å². The number of amides is 1. The van der Waals surface area contributed by atoms with Gasteiger partial charge in [-0.05, 0) is 6.07 Å². The van der Waals surface area contributed by atoms with Gasteiger partial charge in [0.25, 0.3) is 0 Å². The molecule has 116 valence electrons. The molecular weight excluding hydrogens is 287 g/mol. The predicted molar refractivity (Wildman–Crippen MR) is 80.5 cm³/mol. The molecule has 1 aromatic heterocycles. The van der Waals surface area contributed by atoms with Crippen molar-refractivity contribution in [2.45, 2.75) is 6.92 Å². The molecule has 0 N–H and O–H groups in total. The van der Waals surface area contributed by atoms with Gasteiger partial charge in [-0.1, -0.05) is 0 Å². The molecule has 0 saturated carbocycles. The predicted octanol–water partition coefficient (Wildman–Crippen LogP) is 1.45. The summed E-state index contributed by atoms with van der Waals surface area (Å²) < 4.78 is 18.8. The van der Waals surface area contributed by atoms with Crippen LogP contribution in [0.4, 0.5) is 10.2 Å². The van der Waals surface area contributed by atoms with Crippen LogP contribution in [0.1, 0.15) is 6.92 Å². The molecule has 0 atom stereocenters. The zero-order valence-corrected chi connectivity index (χ0v) is 12.5. The number of halogens is 1. The summed E-state index contributed by atoms with van der Waals surface area (Å²) in [5.74, 6) is 0.550. The number of hydrogen-bond donors (Lipinski definition) is 0. The van der Waals surface area contributed by atoms with E-state index in [1.54, 1.807) is 17.9 Å². The molecule has 1 fully saturated rings. The summed E-state index contributed by atoms with van der Waals surface area (Å²) in [5.41, 5.74) is 0.539. The molecule has 0 bridgehead atoms. The third kappa shape index (κ3) is 2.54. The van der Waals surface area contributed by atoms with Crippen molar-refractivity contribution in [2.24, 2.45) is 0 Å². The number of hydrogen-bond acceptors (Lipinski definition) is 5. The normalized spacial score (nSPS) is 15.2. The van der Waals surface area contributed by atoms with Crippen LogP contribution in [0.3, 0.4) is 0 Å². The van der Waals surface area contributed by atoms with Crippen molar-refractivity contribution < 1.29 is 13.9 Å². The second kappa shape index (κ2) is 5.75. The van der Waals surface area contributed by atoms with Crippen LogP contribution in [0.2, 0.25) is 0 Å². The van der Waals surface area contributed by atoms with Crippen LogP contribution in [0.15, 0.2) is 18.5 Å². The van der Waals surface area contributed by atoms with Gasteiger partial charge in [-0.15, -0.1) is 0 Å². The van der Waals surface area contributed by atoms with Gasteiger partial charge in [0.05, 0.1) is 12.6 Å². The van der Waals surface area contributed by atoms with Crippen molar-refractivity contribution in [1.82, 2.24) is 14.9 Å². The Morgan fingerprint density at radius 3 is 2.59 bits per heavy atom. The van der Waals surface area contributed by atoms with Crippen LogP contribution >= 0.6 is 0 Å². The SMILES string of the molecule is COc1cc2c(N3CCN(C(C)=O)CC3)ncnc2cc1F. The van der Waals surface area contributed by atoms with E-state index in [9.17, 15) is 9.18 Å². The molecule has 6 nitrogen and oxygen atoms in total. The fraction of sp³-hybridized carbons (Fsp3) is 0.400. The van der Waals surface area contributed by atoms with Gasteiger partial charge in [0.2, 0.25) is 5.91 Å². The maximum absolute atomic E-state index is 13.8. The van der Waals surface area contributed by atoms with Crippen molar-refractivity contribution >= 4 is 22.6 Å². The number of anilines is 1. The largest absolute Gasteiger partial charge is 0.494 e. The zero-order chi connectivity index (χ0) is 15.7. The average Bonchev–Trinajstić information content (AvgIpc) is 2.53. The minimum absolute atomic E-state index is 0.0796. The summed E-state index contributed by atoms with van der Waals surface area (Å²) in [5, 5.41) is 0.747. The molecule has 3 rings (SSSR count). The van der Waals surface area contributed by atoms with Crippen LogP contribution < -0.4 is 9.64 Å². The van der Waals surface area contributed by atoms with Gasteiger partial charge in [0.15, 0.2) is 11.6 Å². The lowest BCUT2D eigenvalue weighted by Gasteiger charge is -2.35. The van der Waals surface area contributed by atoms with Crippen LogP contribution in [-0.4, -0.2) is 54.1 Å². The molecule has 2 heterocycles. The molecule has 1 aliphatic heterocycles. The van der Waals surface area contributed by atoms with E-state index in [1.165, 1.54) is 19.5 Å². The van der Waals surface area contributed by atoms with E-state index in [0.717, 1.165) is 11.2 Å². The molecule has 7 heteroatoms. The summed E-state index contributed by atoms with van der Waals surface area (Å²) in [6.07, 6.45) is 1.43. The molecule has 0 spiro atoms. The summed E-state index contributed by atoms with van der Waals surface area (Å²) in [6.45, 7) is 4.25. The number of carbonyl (C=O) groups excluding carboxylic acids is 1. The van der Waals surface area contributed by atoms with Gasteiger partial charge in [0, 0.05) is 44.6 Å². The Morgan fingerprint density at radius 1 is 1.23 bits per heavy atom. The topological polar surface area (TPSA) is 58.6 Å². The van der Waals surface area contributed by atoms with Gasteiger partial charge >= 0.3 is 0 Å². The van der Waals surface area contributed by atoms with Gasteiger partial charge < -0.3 is 14.5 Å². The maximum atomic E-state index is 13.8. The van der Waals surface area contributed by atoms with Crippen molar-refractivity contribution in [3.05, 3.63) is 24.3 Å². The van der Waals surface area contributed by atoms with E-state index in [1.807, 2.05) is 0 Å². The highest BCUT2D eigenvalue weighted by Gasteiger charge is 2.21. The highest BCUT2D eigenvalue weighted by atomic mass is 19.1. The molecule has 1 aromatic carbocycles. The Hall–Kier alpha value is -2.44. The second-order valence-electron chi connectivity index (χ2n) is 5.19. The van der Waals surface area contributed by atoms with E-state index >= 15 is 0 Å². The summed E-state index contributed by atoms with van der Waals surface area (Å²) in [6, 6.07) is 2.97. The van der Waals surface area contributed by atoms with Crippen molar-refractivity contribution in [2.75, 3.05) is 38.2 Å². The van der Waals surface area contributed by atoms with Gasteiger partial charge in [-0.25, -0.2) is 14.4 Å². The smallest absolute Gasteiger partial charge is 0.219 e. The molecule has 0 radical (unpaired) electrons. The fourth-order valence-electron chi connectivity index (χ4n) is 2.69. The Balaban J connectivity index is 1.96. The lowest BCUT2D eigenvalue weighted by Crippen LogP contribution is -2.48. The Labute approximate surface area is 127 Å². The maximum Gasteiger partial charge on any atom is 0.219 e. The van der Waals surface area contributed by atoms with Crippen LogP contribution in [-0.2, 0) is 4.79 Å². The number of aromatic nitrogens is 2. The third-order valence-corrected chi connectivity index (χ3v) is 3.91. The Morgan fingerprint density at radius 2 is 1.95 bits per heavy atom. The summed E-state index contributed by atoms with van der Waals surface area (Å²) >= 11 is 0. The monoisotopic (exact) mass is 304 g/mol. The zero-order valence-electron chi connectivity index (χ0n) is 12.5. The lowest BCUT2D eigenvalue weighted by atomic mass is 10.2. The minimum atomic E-state index is -0.443. The first-order valence-electron chi connectivity index (χ1n) is 7.09. The molecule has 0 unspecified atom stereocenters. The molecule has 1 amide bonds. The van der Waals surface area contributed by atoms with Crippen LogP contribution in [0.5, 0.6) is 5.75 Å². The van der Waals surface area contributed by atoms with E-state index in [4.69, 9.17) is 4.74 Å². The highest BCUT2D eigenvalue weighted by Crippen LogP contribution is 2.29. The first-order valence-corrected chi connectivity index (χ1v) is 7.09. The van der Waals surface area contributed by atoms with E-state index in [2.05, 4.69) is 14.9 Å². The Bertz CT molecular complexity index is 714. The number of methoxy groups -OCH3 is 1. The van der Waals surface area contributed by atoms with Crippen molar-refractivity contribution in [3.63, 3.8) is 0 Å². The lowest BCUT2D eigenvalue weighted by molar-refractivity contribution is -0.129. The van der Waals surface area contributed by atoms with E-state index in [0.29, 0.717) is 31.7 Å². The first-order chi connectivity index (χ1) is 10.6. The summed E-state index contributed by atoms with van der Waals surface area (Å²) in [4.78, 5) is 23.7. The number of carbonyl (C=O) groups is 1.